The molecule has 65 valence electrons. The lowest BCUT2D eigenvalue weighted by atomic mass is 9.73. The standard InChI is InChI=1S/C10H15N2/c11-12-9-4-7-10(8-9)5-2-1-3-6-10/h5H,1-4,6-8H2. The van der Waals surface area contributed by atoms with E-state index in [1.807, 2.05) is 0 Å². The van der Waals surface area contributed by atoms with Crippen LogP contribution in [0.2, 0.25) is 0 Å². The lowest BCUT2D eigenvalue weighted by Crippen LogP contribution is -2.21. The van der Waals surface area contributed by atoms with Crippen LogP contribution in [0.1, 0.15) is 44.9 Å². The van der Waals surface area contributed by atoms with Crippen LogP contribution in [0.15, 0.2) is 0 Å². The van der Waals surface area contributed by atoms with E-state index in [0.29, 0.717) is 5.41 Å². The van der Waals surface area contributed by atoms with Gasteiger partial charge in [-0.2, -0.15) is 4.79 Å². The molecule has 1 spiro atoms. The first-order valence-electron chi connectivity index (χ1n) is 4.89. The Kier molecular flexibility index (Phi) is 2.02. The van der Waals surface area contributed by atoms with Gasteiger partial charge in [0.05, 0.1) is 6.42 Å². The molecule has 1 radical (unpaired) electrons. The topological polar surface area (TPSA) is 36.4 Å². The van der Waals surface area contributed by atoms with Crippen LogP contribution in [-0.2, 0) is 0 Å². The molecule has 12 heavy (non-hydrogen) atoms. The van der Waals surface area contributed by atoms with Crippen LogP contribution in [0.5, 0.6) is 0 Å². The molecule has 2 aliphatic rings. The predicted molar refractivity (Wildman–Crippen MR) is 47.7 cm³/mol. The summed E-state index contributed by atoms with van der Waals surface area (Å²) in [6.07, 6.45) is 11.0. The van der Waals surface area contributed by atoms with Gasteiger partial charge in [0.15, 0.2) is 0 Å². The van der Waals surface area contributed by atoms with E-state index in [4.69, 9.17) is 5.53 Å². The molecule has 2 aliphatic carbocycles. The summed E-state index contributed by atoms with van der Waals surface area (Å²) in [7, 11) is 0. The Morgan fingerprint density at radius 3 is 2.83 bits per heavy atom. The zero-order valence-electron chi connectivity index (χ0n) is 7.42. The fourth-order valence-corrected chi connectivity index (χ4v) is 2.58. The molecule has 0 aliphatic heterocycles. The molecule has 0 aromatic heterocycles. The number of hydrogen-bond donors (Lipinski definition) is 0. The Morgan fingerprint density at radius 1 is 1.33 bits per heavy atom. The van der Waals surface area contributed by atoms with E-state index in [2.05, 4.69) is 11.2 Å². The third-order valence-electron chi connectivity index (χ3n) is 3.32. The van der Waals surface area contributed by atoms with Gasteiger partial charge in [0.2, 0.25) is 0 Å². The molecular weight excluding hydrogens is 148 g/mol. The molecule has 0 bridgehead atoms. The monoisotopic (exact) mass is 163 g/mol. The molecule has 2 heteroatoms. The first-order chi connectivity index (χ1) is 5.85. The third kappa shape index (κ3) is 1.32. The number of nitrogens with zero attached hydrogens (tertiary/aromatic N) is 2. The molecule has 0 heterocycles. The Bertz CT molecular complexity index is 220. The summed E-state index contributed by atoms with van der Waals surface area (Å²) in [5.41, 5.74) is 10.1. The van der Waals surface area contributed by atoms with Gasteiger partial charge in [0, 0.05) is 6.42 Å². The van der Waals surface area contributed by atoms with Crippen molar-refractivity contribution in [2.24, 2.45) is 5.41 Å². The lowest BCUT2D eigenvalue weighted by molar-refractivity contribution is -0.0102. The normalized spacial score (nSPS) is 27.5. The molecular formula is C10H15N2. The summed E-state index contributed by atoms with van der Waals surface area (Å²) >= 11 is 0. The molecule has 2 saturated carbocycles. The van der Waals surface area contributed by atoms with Gasteiger partial charge in [0.1, 0.15) is 0 Å². The summed E-state index contributed by atoms with van der Waals surface area (Å²) in [6.45, 7) is 0. The zero-order valence-corrected chi connectivity index (χ0v) is 7.42. The van der Waals surface area contributed by atoms with Crippen LogP contribution in [0, 0.1) is 11.8 Å². The summed E-state index contributed by atoms with van der Waals surface area (Å²) < 4.78 is 0. The fourth-order valence-electron chi connectivity index (χ4n) is 2.58. The minimum absolute atomic E-state index is 0.430. The van der Waals surface area contributed by atoms with Gasteiger partial charge in [-0.05, 0) is 31.1 Å². The smallest absolute Gasteiger partial charge is 0.269 e. The van der Waals surface area contributed by atoms with E-state index >= 15 is 0 Å². The van der Waals surface area contributed by atoms with Crippen LogP contribution in [0.3, 0.4) is 0 Å². The molecule has 2 rings (SSSR count). The predicted octanol–water partition coefficient (Wildman–Crippen LogP) is 2.61. The summed E-state index contributed by atoms with van der Waals surface area (Å²) in [5.74, 6) is 0. The van der Waals surface area contributed by atoms with E-state index in [-0.39, 0.29) is 0 Å². The minimum Gasteiger partial charge on any atom is -0.362 e. The van der Waals surface area contributed by atoms with E-state index in [0.717, 1.165) is 18.6 Å². The Hall–Kier alpha value is -0.620. The Morgan fingerprint density at radius 2 is 2.25 bits per heavy atom. The van der Waals surface area contributed by atoms with Crippen molar-refractivity contribution in [2.45, 2.75) is 44.9 Å². The van der Waals surface area contributed by atoms with Gasteiger partial charge in [0.25, 0.3) is 5.71 Å². The van der Waals surface area contributed by atoms with Crippen molar-refractivity contribution in [3.05, 3.63) is 12.0 Å². The van der Waals surface area contributed by atoms with Crippen LogP contribution < -0.4 is 0 Å². The Labute approximate surface area is 73.6 Å². The van der Waals surface area contributed by atoms with Gasteiger partial charge in [-0.25, -0.2) is 0 Å². The van der Waals surface area contributed by atoms with Gasteiger partial charge in [-0.3, -0.25) is 0 Å². The highest BCUT2D eigenvalue weighted by Gasteiger charge is 2.41. The molecule has 0 N–H and O–H groups in total. The number of rotatable bonds is 0. The molecule has 1 atom stereocenters. The second-order valence-corrected chi connectivity index (χ2v) is 4.16. The molecule has 2 nitrogen and oxygen atoms in total. The van der Waals surface area contributed by atoms with Crippen molar-refractivity contribution in [3.8, 4) is 0 Å². The van der Waals surface area contributed by atoms with Crippen LogP contribution in [0.25, 0.3) is 5.53 Å². The molecule has 0 amide bonds. The minimum atomic E-state index is 0.430. The van der Waals surface area contributed by atoms with E-state index in [9.17, 15) is 0 Å². The van der Waals surface area contributed by atoms with Crippen LogP contribution in [-0.4, -0.2) is 10.5 Å². The molecule has 2 fully saturated rings. The van der Waals surface area contributed by atoms with Crippen molar-refractivity contribution in [3.63, 3.8) is 0 Å². The number of hydrogen-bond acceptors (Lipinski definition) is 0. The average Bonchev–Trinajstić information content (AvgIpc) is 2.50. The van der Waals surface area contributed by atoms with Crippen LogP contribution in [0.4, 0.5) is 0 Å². The van der Waals surface area contributed by atoms with Crippen molar-refractivity contribution in [1.29, 1.82) is 0 Å². The third-order valence-corrected chi connectivity index (χ3v) is 3.32. The first-order valence-corrected chi connectivity index (χ1v) is 4.89. The molecule has 1 unspecified atom stereocenters. The Balaban J connectivity index is 2.08. The van der Waals surface area contributed by atoms with Gasteiger partial charge >= 0.3 is 0 Å². The van der Waals surface area contributed by atoms with Gasteiger partial charge < -0.3 is 5.53 Å². The van der Waals surface area contributed by atoms with Gasteiger partial charge in [-0.1, -0.05) is 12.8 Å². The van der Waals surface area contributed by atoms with Crippen molar-refractivity contribution < 1.29 is 4.79 Å². The quantitative estimate of drug-likeness (QED) is 0.389. The van der Waals surface area contributed by atoms with Crippen LogP contribution >= 0.6 is 0 Å². The van der Waals surface area contributed by atoms with E-state index in [1.165, 1.54) is 32.1 Å². The van der Waals surface area contributed by atoms with E-state index < -0.39 is 0 Å². The fraction of sp³-hybridized carbons (Fsp3) is 0.800. The second kappa shape index (κ2) is 3.02. The maximum Gasteiger partial charge on any atom is 0.269 e. The van der Waals surface area contributed by atoms with E-state index in [1.54, 1.807) is 0 Å². The first kappa shape index (κ1) is 8.00. The highest BCUT2D eigenvalue weighted by Crippen LogP contribution is 2.46. The van der Waals surface area contributed by atoms with Crippen molar-refractivity contribution in [2.75, 3.05) is 0 Å². The summed E-state index contributed by atoms with van der Waals surface area (Å²) in [6, 6.07) is 0. The average molecular weight is 163 g/mol. The largest absolute Gasteiger partial charge is 0.362 e. The highest BCUT2D eigenvalue weighted by molar-refractivity contribution is 5.82. The highest BCUT2D eigenvalue weighted by atomic mass is 14.9. The van der Waals surface area contributed by atoms with Crippen molar-refractivity contribution in [1.82, 2.24) is 0 Å². The summed E-state index contributed by atoms with van der Waals surface area (Å²) in [4.78, 5) is 3.33. The maximum absolute atomic E-state index is 8.65. The molecule has 0 saturated heterocycles. The molecule has 0 aromatic rings. The maximum atomic E-state index is 8.65. The second-order valence-electron chi connectivity index (χ2n) is 4.16. The molecule has 0 aromatic carbocycles. The zero-order chi connectivity index (χ0) is 8.44. The SMILES string of the molecule is [N-]=[N+]=C1CCC2([CH]CCCC2)C1. The lowest BCUT2D eigenvalue weighted by Gasteiger charge is -2.31. The summed E-state index contributed by atoms with van der Waals surface area (Å²) in [5, 5.41) is 0. The van der Waals surface area contributed by atoms with Crippen molar-refractivity contribution >= 4 is 5.71 Å². The van der Waals surface area contributed by atoms with Gasteiger partial charge in [-0.15, -0.1) is 0 Å².